The van der Waals surface area contributed by atoms with Gasteiger partial charge in [-0.05, 0) is 75.8 Å². The zero-order valence-corrected chi connectivity index (χ0v) is 19.8. The molecule has 1 atom stereocenters. The van der Waals surface area contributed by atoms with Gasteiger partial charge in [-0.2, -0.15) is 0 Å². The second-order valence-electron chi connectivity index (χ2n) is 7.08. The normalized spacial score (nSPS) is 11.5. The third kappa shape index (κ3) is 7.11. The van der Waals surface area contributed by atoms with Crippen molar-refractivity contribution >= 4 is 50.8 Å². The smallest absolute Gasteiger partial charge is 0.261 e. The average Bonchev–Trinajstić information content (AvgIpc) is 2.68. The third-order valence-corrected chi connectivity index (χ3v) is 4.85. The van der Waals surface area contributed by atoms with Crippen LogP contribution in [-0.4, -0.2) is 29.1 Å². The van der Waals surface area contributed by atoms with E-state index in [2.05, 4.69) is 31.9 Å². The van der Waals surface area contributed by atoms with Crippen LogP contribution in [0.25, 0.3) is 0 Å². The van der Waals surface area contributed by atoms with Gasteiger partial charge in [0.05, 0.1) is 11.7 Å². The number of hydrogen-bond acceptors (Lipinski definition) is 4. The molecule has 30 heavy (non-hydrogen) atoms. The van der Waals surface area contributed by atoms with Gasteiger partial charge in [-0.3, -0.25) is 14.9 Å². The second kappa shape index (κ2) is 11.1. The lowest BCUT2D eigenvalue weighted by atomic mass is 10.1. The molecule has 2 aromatic rings. The van der Waals surface area contributed by atoms with Crippen LogP contribution in [0.2, 0.25) is 0 Å². The summed E-state index contributed by atoms with van der Waals surface area (Å²) in [5.74, 6) is -0.0834. The van der Waals surface area contributed by atoms with Gasteiger partial charge < -0.3 is 15.4 Å². The summed E-state index contributed by atoms with van der Waals surface area (Å²) in [5.41, 5.74) is 1.47. The summed E-state index contributed by atoms with van der Waals surface area (Å²) in [5, 5.41) is 8.64. The first kappa shape index (κ1) is 23.8. The Kier molecular flexibility index (Phi) is 8.80. The van der Waals surface area contributed by atoms with Crippen LogP contribution in [0.3, 0.4) is 0 Å². The van der Waals surface area contributed by atoms with Gasteiger partial charge in [-0.25, -0.2) is 0 Å². The predicted octanol–water partition coefficient (Wildman–Crippen LogP) is 4.89. The van der Waals surface area contributed by atoms with Crippen LogP contribution in [-0.2, 0) is 0 Å². The first-order chi connectivity index (χ1) is 14.2. The number of thiocarbonyl (C=S) groups is 1. The lowest BCUT2D eigenvalue weighted by molar-refractivity contribution is 0.0937. The Balaban J connectivity index is 2.08. The van der Waals surface area contributed by atoms with E-state index in [0.29, 0.717) is 22.6 Å². The van der Waals surface area contributed by atoms with Gasteiger partial charge in [0.1, 0.15) is 5.75 Å². The van der Waals surface area contributed by atoms with E-state index in [-0.39, 0.29) is 23.2 Å². The molecule has 0 spiro atoms. The van der Waals surface area contributed by atoms with Crippen LogP contribution in [0.4, 0.5) is 5.69 Å². The van der Waals surface area contributed by atoms with Crippen molar-refractivity contribution in [2.24, 2.45) is 0 Å². The van der Waals surface area contributed by atoms with Crippen molar-refractivity contribution in [2.75, 3.05) is 5.32 Å². The zero-order chi connectivity index (χ0) is 22.3. The van der Waals surface area contributed by atoms with Gasteiger partial charge in [0, 0.05) is 21.8 Å². The molecule has 2 rings (SSSR count). The maximum atomic E-state index is 12.7. The van der Waals surface area contributed by atoms with E-state index in [1.807, 2.05) is 27.7 Å². The topological polar surface area (TPSA) is 79.5 Å². The molecule has 3 N–H and O–H groups in total. The van der Waals surface area contributed by atoms with Crippen LogP contribution in [0.15, 0.2) is 46.9 Å². The molecule has 1 unspecified atom stereocenters. The molecule has 0 aliphatic rings. The summed E-state index contributed by atoms with van der Waals surface area (Å²) in [6.07, 6.45) is 0.768. The molecule has 0 heterocycles. The minimum absolute atomic E-state index is 0.0767. The number of hydrogen-bond donors (Lipinski definition) is 3. The SMILES string of the molecule is CCC(C)NC(=O)c1cccc(NC(=S)NC(=O)c2cc(Br)ccc2OC(C)C)c1. The molecule has 8 heteroatoms. The van der Waals surface area contributed by atoms with E-state index in [9.17, 15) is 9.59 Å². The number of anilines is 1. The molecule has 0 radical (unpaired) electrons. The Morgan fingerprint density at radius 3 is 2.50 bits per heavy atom. The fraction of sp³-hybridized carbons (Fsp3) is 0.318. The summed E-state index contributed by atoms with van der Waals surface area (Å²) in [7, 11) is 0. The van der Waals surface area contributed by atoms with Crippen LogP contribution in [0.1, 0.15) is 54.8 Å². The average molecular weight is 492 g/mol. The zero-order valence-electron chi connectivity index (χ0n) is 17.4. The fourth-order valence-electron chi connectivity index (χ4n) is 2.52. The number of carbonyl (C=O) groups is 2. The maximum absolute atomic E-state index is 12.7. The van der Waals surface area contributed by atoms with Crippen molar-refractivity contribution in [3.05, 3.63) is 58.1 Å². The molecule has 0 aliphatic carbocycles. The number of ether oxygens (including phenoxy) is 1. The largest absolute Gasteiger partial charge is 0.490 e. The molecule has 2 amide bonds. The summed E-state index contributed by atoms with van der Waals surface area (Å²) in [4.78, 5) is 25.0. The number of carbonyl (C=O) groups excluding carboxylic acids is 2. The van der Waals surface area contributed by atoms with Crippen LogP contribution < -0.4 is 20.7 Å². The number of amides is 2. The highest BCUT2D eigenvalue weighted by atomic mass is 79.9. The van der Waals surface area contributed by atoms with Crippen LogP contribution in [0.5, 0.6) is 5.75 Å². The fourth-order valence-corrected chi connectivity index (χ4v) is 3.09. The Labute approximate surface area is 190 Å². The second-order valence-corrected chi connectivity index (χ2v) is 8.40. The molecule has 6 nitrogen and oxygen atoms in total. The molecule has 0 aromatic heterocycles. The van der Waals surface area contributed by atoms with Crippen LogP contribution >= 0.6 is 28.1 Å². The maximum Gasteiger partial charge on any atom is 0.261 e. The third-order valence-electron chi connectivity index (χ3n) is 4.15. The minimum atomic E-state index is -0.393. The van der Waals surface area contributed by atoms with E-state index in [4.69, 9.17) is 17.0 Å². The molecule has 0 saturated heterocycles. The van der Waals surface area contributed by atoms with Gasteiger partial charge in [0.25, 0.3) is 11.8 Å². The first-order valence-electron chi connectivity index (χ1n) is 9.69. The molecule has 0 bridgehead atoms. The van der Waals surface area contributed by atoms with Gasteiger partial charge in [0.15, 0.2) is 5.11 Å². The van der Waals surface area contributed by atoms with Crippen molar-refractivity contribution in [2.45, 2.75) is 46.3 Å². The predicted molar refractivity (Wildman–Crippen MR) is 127 cm³/mol. The monoisotopic (exact) mass is 491 g/mol. The van der Waals surface area contributed by atoms with Crippen molar-refractivity contribution in [3.63, 3.8) is 0 Å². The lowest BCUT2D eigenvalue weighted by Crippen LogP contribution is -2.35. The van der Waals surface area contributed by atoms with E-state index < -0.39 is 5.91 Å². The summed E-state index contributed by atoms with van der Waals surface area (Å²) in [6, 6.07) is 12.2. The quantitative estimate of drug-likeness (QED) is 0.480. The first-order valence-corrected chi connectivity index (χ1v) is 10.9. The minimum Gasteiger partial charge on any atom is -0.490 e. The standard InChI is InChI=1S/C22H26BrN3O3S/c1-5-14(4)24-20(27)15-7-6-8-17(11-15)25-22(30)26-21(28)18-12-16(23)9-10-19(18)29-13(2)3/h6-14H,5H2,1-4H3,(H,24,27)(H2,25,26,28,30). The Hall–Kier alpha value is -2.45. The highest BCUT2D eigenvalue weighted by Gasteiger charge is 2.16. The molecule has 160 valence electrons. The van der Waals surface area contributed by atoms with E-state index in [0.717, 1.165) is 10.9 Å². The van der Waals surface area contributed by atoms with E-state index in [1.165, 1.54) is 0 Å². The van der Waals surface area contributed by atoms with Crippen molar-refractivity contribution in [1.82, 2.24) is 10.6 Å². The Morgan fingerprint density at radius 2 is 1.83 bits per heavy atom. The summed E-state index contributed by atoms with van der Waals surface area (Å²) in [6.45, 7) is 7.73. The molecule has 2 aromatic carbocycles. The Bertz CT molecular complexity index is 934. The highest BCUT2D eigenvalue weighted by molar-refractivity contribution is 9.10. The van der Waals surface area contributed by atoms with Crippen molar-refractivity contribution in [1.29, 1.82) is 0 Å². The van der Waals surface area contributed by atoms with Crippen molar-refractivity contribution < 1.29 is 14.3 Å². The molecule has 0 aliphatic heterocycles. The number of rotatable bonds is 7. The van der Waals surface area contributed by atoms with Crippen LogP contribution in [0, 0.1) is 0 Å². The molecule has 0 fully saturated rings. The molecular weight excluding hydrogens is 466 g/mol. The van der Waals surface area contributed by atoms with Gasteiger partial charge in [-0.1, -0.05) is 28.9 Å². The Morgan fingerprint density at radius 1 is 1.10 bits per heavy atom. The van der Waals surface area contributed by atoms with Gasteiger partial charge in [-0.15, -0.1) is 0 Å². The highest BCUT2D eigenvalue weighted by Crippen LogP contribution is 2.24. The van der Waals surface area contributed by atoms with E-state index in [1.54, 1.807) is 42.5 Å². The molecule has 0 saturated carbocycles. The number of halogens is 1. The van der Waals surface area contributed by atoms with Crippen molar-refractivity contribution in [3.8, 4) is 5.75 Å². The number of nitrogens with one attached hydrogen (secondary N) is 3. The molecular formula is C22H26BrN3O3S. The summed E-state index contributed by atoms with van der Waals surface area (Å²) >= 11 is 8.65. The summed E-state index contributed by atoms with van der Waals surface area (Å²) < 4.78 is 6.47. The lowest BCUT2D eigenvalue weighted by Gasteiger charge is -2.16. The van der Waals surface area contributed by atoms with Gasteiger partial charge >= 0.3 is 0 Å². The van der Waals surface area contributed by atoms with Gasteiger partial charge in [0.2, 0.25) is 0 Å². The number of benzene rings is 2. The van der Waals surface area contributed by atoms with E-state index >= 15 is 0 Å².